The van der Waals surface area contributed by atoms with E-state index in [2.05, 4.69) is 425 Å². The fourth-order valence-electron chi connectivity index (χ4n) is 12.8. The van der Waals surface area contributed by atoms with Crippen LogP contribution in [0.1, 0.15) is 52.7 Å². The van der Waals surface area contributed by atoms with Crippen molar-refractivity contribution in [3.05, 3.63) is 375 Å². The molecule has 0 amide bonds. The molecule has 0 saturated heterocycles. The molecule has 0 fully saturated rings. The molecule has 0 aliphatic heterocycles. The monoisotopic (exact) mass is 1240 g/mol. The van der Waals surface area contributed by atoms with E-state index >= 15 is 0 Å². The van der Waals surface area contributed by atoms with Crippen molar-refractivity contribution in [3.63, 3.8) is 0 Å². The molecule has 0 aliphatic rings. The van der Waals surface area contributed by atoms with Gasteiger partial charge in [0.05, 0.1) is 0 Å². The first-order chi connectivity index (χ1) is 46.8. The Balaban J connectivity index is 0.640. The van der Waals surface area contributed by atoms with E-state index in [1.165, 1.54) is 33.4 Å². The van der Waals surface area contributed by atoms with Crippen molar-refractivity contribution in [2.75, 3.05) is 19.6 Å². The summed E-state index contributed by atoms with van der Waals surface area (Å²) in [6.07, 6.45) is 0. The van der Waals surface area contributed by atoms with Gasteiger partial charge in [0.15, 0.2) is 0 Å². The zero-order chi connectivity index (χ0) is 65.6. The molecule has 0 N–H and O–H groups in total. The van der Waals surface area contributed by atoms with Crippen molar-refractivity contribution in [1.29, 1.82) is 0 Å². The third-order valence-electron chi connectivity index (χ3n) is 18.2. The Morgan fingerprint density at radius 1 is 0.135 bits per heavy atom. The lowest BCUT2D eigenvalue weighted by Crippen LogP contribution is -2.13. The van der Waals surface area contributed by atoms with Gasteiger partial charge in [-0.1, -0.05) is 260 Å². The van der Waals surface area contributed by atoms with E-state index in [0.29, 0.717) is 0 Å². The molecule has 0 heterocycles. The number of rotatable bonds is 17. The molecule has 4 nitrogen and oxygen atoms in total. The highest BCUT2D eigenvalue weighted by atomic mass is 15.2. The maximum atomic E-state index is 2.33. The second-order valence-electron chi connectivity index (χ2n) is 26.7. The van der Waals surface area contributed by atoms with Crippen LogP contribution in [0.3, 0.4) is 0 Å². The summed E-state index contributed by atoms with van der Waals surface area (Å²) in [4.78, 5) is 9.31. The third kappa shape index (κ3) is 13.6. The summed E-state index contributed by atoms with van der Waals surface area (Å²) in [7, 11) is 0. The van der Waals surface area contributed by atoms with Crippen molar-refractivity contribution in [1.82, 2.24) is 0 Å². The second kappa shape index (κ2) is 27.1. The van der Waals surface area contributed by atoms with Crippen LogP contribution in [-0.4, -0.2) is 0 Å². The maximum absolute atomic E-state index is 2.33. The molecule has 4 heteroatoms. The highest BCUT2D eigenvalue weighted by Gasteiger charge is 2.21. The Kier molecular flexibility index (Phi) is 17.4. The third-order valence-corrected chi connectivity index (χ3v) is 18.2. The van der Waals surface area contributed by atoms with Crippen molar-refractivity contribution < 1.29 is 0 Å². The lowest BCUT2D eigenvalue weighted by Gasteiger charge is -2.27. The first kappa shape index (κ1) is 61.8. The summed E-state index contributed by atoms with van der Waals surface area (Å²) in [6, 6.07) is 132. The predicted octanol–water partition coefficient (Wildman–Crippen LogP) is 26.5. The molecule has 96 heavy (non-hydrogen) atoms. The number of nitrogens with zero attached hydrogens (tertiary/aromatic N) is 4. The Labute approximate surface area is 567 Å². The van der Waals surface area contributed by atoms with E-state index < -0.39 is 0 Å². The summed E-state index contributed by atoms with van der Waals surface area (Å²) < 4.78 is 0. The first-order valence-corrected chi connectivity index (χ1v) is 33.3. The van der Waals surface area contributed by atoms with Crippen molar-refractivity contribution in [2.24, 2.45) is 0 Å². The number of anilines is 12. The van der Waals surface area contributed by atoms with Gasteiger partial charge in [0.25, 0.3) is 0 Å². The average molecular weight is 1240 g/mol. The fourth-order valence-corrected chi connectivity index (χ4v) is 12.8. The second-order valence-corrected chi connectivity index (χ2v) is 26.7. The standard InChI is InChI=1S/C92H78N4/c1-91(2,3)77-47-63-89(64-48-77)95(81-23-15-9-16-24-81)87-59-43-75(44-60-87)73-39-55-85(56-40-73)93(79-19-11-7-12-20-79)83-51-35-71(36-52-83)69-31-27-67(28-32-69)68-29-33-70(34-30-68)72-37-53-84(54-38-72)94(80-21-13-8-14-22-80)86-57-41-74(42-58-86)76-45-61-88(62-46-76)96(82-25-17-10-18-26-82)90-65-49-78(50-66-90)92(4,5)6/h7-66H,1-6H3. The number of benzene rings is 14. The first-order valence-electron chi connectivity index (χ1n) is 33.3. The van der Waals surface area contributed by atoms with E-state index in [1.807, 2.05) is 0 Å². The van der Waals surface area contributed by atoms with Gasteiger partial charge in [-0.05, 0) is 223 Å². The van der Waals surface area contributed by atoms with Crippen molar-refractivity contribution in [3.8, 4) is 55.6 Å². The number of hydrogen-bond acceptors (Lipinski definition) is 4. The van der Waals surface area contributed by atoms with Gasteiger partial charge in [-0.2, -0.15) is 0 Å². The van der Waals surface area contributed by atoms with Crippen LogP contribution in [0, 0.1) is 0 Å². The summed E-state index contributed by atoms with van der Waals surface area (Å²) >= 11 is 0. The molecule has 0 bridgehead atoms. The van der Waals surface area contributed by atoms with E-state index in [0.717, 1.165) is 102 Å². The highest BCUT2D eigenvalue weighted by Crippen LogP contribution is 2.43. The van der Waals surface area contributed by atoms with Gasteiger partial charge in [0, 0.05) is 68.2 Å². The SMILES string of the molecule is CC(C)(C)c1ccc(N(c2ccccc2)c2ccc(-c3ccc(N(c4ccccc4)c4ccc(-c5ccc(-c6ccc(-c7ccc(N(c8ccccc8)c8ccc(-c9ccc(N(c%10ccccc%10)c%10ccc(C(C)(C)C)cc%10)cc9)cc8)cc7)cc6)cc5)cc4)cc3)cc2)cc1. The van der Waals surface area contributed by atoms with E-state index in [4.69, 9.17) is 0 Å². The minimum Gasteiger partial charge on any atom is -0.311 e. The van der Waals surface area contributed by atoms with Gasteiger partial charge in [-0.15, -0.1) is 0 Å². The van der Waals surface area contributed by atoms with E-state index in [9.17, 15) is 0 Å². The maximum Gasteiger partial charge on any atom is 0.0462 e. The molecule has 0 radical (unpaired) electrons. The smallest absolute Gasteiger partial charge is 0.0462 e. The van der Waals surface area contributed by atoms with Crippen LogP contribution >= 0.6 is 0 Å². The predicted molar refractivity (Wildman–Crippen MR) is 410 cm³/mol. The Morgan fingerprint density at radius 2 is 0.250 bits per heavy atom. The van der Waals surface area contributed by atoms with Crippen LogP contribution in [0.15, 0.2) is 364 Å². The van der Waals surface area contributed by atoms with Crippen LogP contribution in [0.2, 0.25) is 0 Å². The number of hydrogen-bond donors (Lipinski definition) is 0. The molecule has 14 rings (SSSR count). The lowest BCUT2D eigenvalue weighted by molar-refractivity contribution is 0.590. The molecule has 14 aromatic rings. The van der Waals surface area contributed by atoms with E-state index in [-0.39, 0.29) is 10.8 Å². The minimum atomic E-state index is 0.0841. The molecule has 0 spiro atoms. The van der Waals surface area contributed by atoms with Crippen LogP contribution in [0.25, 0.3) is 55.6 Å². The molecule has 0 atom stereocenters. The quantitative estimate of drug-likeness (QED) is 0.0901. The molecule has 466 valence electrons. The van der Waals surface area contributed by atoms with Crippen LogP contribution in [0.4, 0.5) is 68.2 Å². The summed E-state index contributed by atoms with van der Waals surface area (Å²) in [5.74, 6) is 0. The molecule has 0 unspecified atom stereocenters. The van der Waals surface area contributed by atoms with E-state index in [1.54, 1.807) is 0 Å². The van der Waals surface area contributed by atoms with Gasteiger partial charge in [0.2, 0.25) is 0 Å². The Morgan fingerprint density at radius 3 is 0.385 bits per heavy atom. The largest absolute Gasteiger partial charge is 0.311 e. The van der Waals surface area contributed by atoms with Crippen LogP contribution < -0.4 is 19.6 Å². The normalized spacial score (nSPS) is 11.4. The van der Waals surface area contributed by atoms with Gasteiger partial charge in [-0.25, -0.2) is 0 Å². The molecular weight excluding hydrogens is 1160 g/mol. The zero-order valence-electron chi connectivity index (χ0n) is 55.4. The summed E-state index contributed by atoms with van der Waals surface area (Å²) in [6.45, 7) is 13.6. The molecule has 0 aliphatic carbocycles. The van der Waals surface area contributed by atoms with Crippen LogP contribution in [0.5, 0.6) is 0 Å². The Bertz CT molecular complexity index is 4500. The molecule has 0 aromatic heterocycles. The molecule has 14 aromatic carbocycles. The van der Waals surface area contributed by atoms with Crippen molar-refractivity contribution >= 4 is 68.2 Å². The van der Waals surface area contributed by atoms with Gasteiger partial charge < -0.3 is 19.6 Å². The lowest BCUT2D eigenvalue weighted by atomic mass is 9.87. The highest BCUT2D eigenvalue weighted by molar-refractivity contribution is 5.85. The van der Waals surface area contributed by atoms with Crippen LogP contribution in [-0.2, 0) is 10.8 Å². The Hall–Kier alpha value is -11.7. The van der Waals surface area contributed by atoms with Gasteiger partial charge >= 0.3 is 0 Å². The van der Waals surface area contributed by atoms with Gasteiger partial charge in [0.1, 0.15) is 0 Å². The fraction of sp³-hybridized carbons (Fsp3) is 0.0870. The van der Waals surface area contributed by atoms with Crippen molar-refractivity contribution in [2.45, 2.75) is 52.4 Å². The minimum absolute atomic E-state index is 0.0841. The number of para-hydroxylation sites is 4. The topological polar surface area (TPSA) is 13.0 Å². The summed E-state index contributed by atoms with van der Waals surface area (Å²) in [5.41, 5.74) is 27.8. The zero-order valence-corrected chi connectivity index (χ0v) is 55.4. The molecule has 0 saturated carbocycles. The average Bonchev–Trinajstić information content (AvgIpc) is 1.50. The summed E-state index contributed by atoms with van der Waals surface area (Å²) in [5, 5.41) is 0. The van der Waals surface area contributed by atoms with Gasteiger partial charge in [-0.3, -0.25) is 0 Å². The molecular formula is C92H78N4.